The second kappa shape index (κ2) is 11.4. The van der Waals surface area contributed by atoms with Gasteiger partial charge in [-0.25, -0.2) is 0 Å². The molecule has 0 saturated heterocycles. The van der Waals surface area contributed by atoms with Crippen molar-refractivity contribution in [2.24, 2.45) is 4.99 Å². The Hall–Kier alpha value is -2.45. The molecule has 1 aromatic rings. The molecule has 1 unspecified atom stereocenters. The molecule has 0 amide bonds. The van der Waals surface area contributed by atoms with Crippen LogP contribution in [0.15, 0.2) is 46.0 Å². The number of aldehydes is 2. The lowest BCUT2D eigenvalue weighted by atomic mass is 9.99. The highest BCUT2D eigenvalue weighted by Crippen LogP contribution is 2.27. The van der Waals surface area contributed by atoms with E-state index in [1.165, 1.54) is 0 Å². The molecule has 1 heterocycles. The van der Waals surface area contributed by atoms with Gasteiger partial charge in [-0.1, -0.05) is 50.0 Å². The molecule has 0 aromatic heterocycles. The maximum Gasteiger partial charge on any atom is 0.150 e. The number of anilines is 1. The third kappa shape index (κ3) is 5.77. The highest BCUT2D eigenvalue weighted by molar-refractivity contribution is 9.11. The van der Waals surface area contributed by atoms with E-state index in [-0.39, 0.29) is 6.54 Å². The highest BCUT2D eigenvalue weighted by Gasteiger charge is 2.24. The number of aliphatic imine (C=N–C) groups is 1. The molecule has 0 N–H and O–H groups in total. The van der Waals surface area contributed by atoms with E-state index in [1.54, 1.807) is 6.20 Å². The molecule has 1 aliphatic heterocycles. The maximum absolute atomic E-state index is 11.5. The van der Waals surface area contributed by atoms with Crippen molar-refractivity contribution in [3.05, 3.63) is 52.2 Å². The highest BCUT2D eigenvalue weighted by atomic mass is 79.9. The standard InChI is InChI=1S/C23H25BrN2O2/c1-3-5-6-8-19-12-11-18(17-28)15-23(19)26(13-14-27)22(4-2)21-10-7-9-20(24)16-25-21/h2,7,9,11-12,14-17,22H,3,5-6,8,10,13H2,1H3. The maximum atomic E-state index is 11.5. The van der Waals surface area contributed by atoms with Gasteiger partial charge in [0.2, 0.25) is 0 Å². The van der Waals surface area contributed by atoms with Gasteiger partial charge < -0.3 is 9.69 Å². The molecule has 1 aromatic carbocycles. The minimum atomic E-state index is -0.476. The molecule has 0 bridgehead atoms. The van der Waals surface area contributed by atoms with Gasteiger partial charge in [-0.05, 0) is 40.4 Å². The van der Waals surface area contributed by atoms with E-state index in [0.29, 0.717) is 12.0 Å². The quantitative estimate of drug-likeness (QED) is 0.296. The van der Waals surface area contributed by atoms with Gasteiger partial charge in [0, 0.05) is 28.4 Å². The number of unbranched alkanes of at least 4 members (excludes halogenated alkanes) is 2. The van der Waals surface area contributed by atoms with Crippen LogP contribution in [0, 0.1) is 12.3 Å². The van der Waals surface area contributed by atoms with Crippen LogP contribution in [0.4, 0.5) is 5.69 Å². The first kappa shape index (κ1) is 21.8. The zero-order chi connectivity index (χ0) is 20.4. The van der Waals surface area contributed by atoms with E-state index in [0.717, 1.165) is 59.7 Å². The number of allylic oxidation sites excluding steroid dienone is 3. The van der Waals surface area contributed by atoms with Crippen LogP contribution in [0.5, 0.6) is 0 Å². The Morgan fingerprint density at radius 2 is 2.18 bits per heavy atom. The number of carbonyl (C=O) groups is 2. The number of carbonyl (C=O) groups excluding carboxylic acids is 2. The lowest BCUT2D eigenvalue weighted by molar-refractivity contribution is -0.106. The summed E-state index contributed by atoms with van der Waals surface area (Å²) in [7, 11) is 0. The molecule has 5 heteroatoms. The molecule has 2 rings (SSSR count). The number of halogens is 1. The number of hydrogen-bond donors (Lipinski definition) is 0. The Kier molecular flexibility index (Phi) is 8.90. The Bertz CT molecular complexity index is 833. The number of terminal acetylenes is 1. The molecule has 28 heavy (non-hydrogen) atoms. The van der Waals surface area contributed by atoms with Gasteiger partial charge in [-0.3, -0.25) is 9.79 Å². The van der Waals surface area contributed by atoms with E-state index in [9.17, 15) is 9.59 Å². The predicted molar refractivity (Wildman–Crippen MR) is 119 cm³/mol. The van der Waals surface area contributed by atoms with E-state index >= 15 is 0 Å². The molecule has 4 nitrogen and oxygen atoms in total. The van der Waals surface area contributed by atoms with Gasteiger partial charge in [0.25, 0.3) is 0 Å². The van der Waals surface area contributed by atoms with Gasteiger partial charge in [-0.15, -0.1) is 6.42 Å². The number of nitrogens with zero attached hydrogens (tertiary/aromatic N) is 2. The third-order valence-corrected chi connectivity index (χ3v) is 5.09. The van der Waals surface area contributed by atoms with Crippen molar-refractivity contribution in [3.63, 3.8) is 0 Å². The fourth-order valence-corrected chi connectivity index (χ4v) is 3.49. The van der Waals surface area contributed by atoms with Crippen molar-refractivity contribution in [1.29, 1.82) is 0 Å². The van der Waals surface area contributed by atoms with Crippen molar-refractivity contribution < 1.29 is 9.59 Å². The lowest BCUT2D eigenvalue weighted by Gasteiger charge is -2.31. The predicted octanol–water partition coefficient (Wildman–Crippen LogP) is 4.88. The summed E-state index contributed by atoms with van der Waals surface area (Å²) in [4.78, 5) is 29.2. The van der Waals surface area contributed by atoms with Crippen molar-refractivity contribution >= 4 is 39.9 Å². The molecule has 0 spiro atoms. The molecule has 146 valence electrons. The molecule has 1 atom stereocenters. The second-order valence-electron chi connectivity index (χ2n) is 6.59. The molecular formula is C23H25BrN2O2. The normalized spacial score (nSPS) is 14.3. The monoisotopic (exact) mass is 440 g/mol. The second-order valence-corrected chi connectivity index (χ2v) is 7.51. The van der Waals surface area contributed by atoms with E-state index in [2.05, 4.69) is 33.8 Å². The summed E-state index contributed by atoms with van der Waals surface area (Å²) in [6.07, 6.45) is 17.9. The van der Waals surface area contributed by atoms with Crippen molar-refractivity contribution in [3.8, 4) is 12.3 Å². The van der Waals surface area contributed by atoms with E-state index < -0.39 is 6.04 Å². The number of aryl methyl sites for hydroxylation is 1. The van der Waals surface area contributed by atoms with Crippen LogP contribution in [0.1, 0.15) is 48.5 Å². The summed E-state index contributed by atoms with van der Waals surface area (Å²) in [5.41, 5.74) is 3.26. The number of rotatable bonds is 10. The molecule has 0 aliphatic carbocycles. The Balaban J connectivity index is 2.48. The average molecular weight is 441 g/mol. The van der Waals surface area contributed by atoms with Crippen LogP contribution >= 0.6 is 15.9 Å². The summed E-state index contributed by atoms with van der Waals surface area (Å²) < 4.78 is 0.864. The summed E-state index contributed by atoms with van der Waals surface area (Å²) in [5.74, 6) is 2.80. The minimum absolute atomic E-state index is 0.131. The summed E-state index contributed by atoms with van der Waals surface area (Å²) in [6.45, 7) is 2.29. The summed E-state index contributed by atoms with van der Waals surface area (Å²) >= 11 is 3.42. The third-order valence-electron chi connectivity index (χ3n) is 4.62. The fourth-order valence-electron chi connectivity index (χ4n) is 3.20. The van der Waals surface area contributed by atoms with Gasteiger partial charge in [0.15, 0.2) is 0 Å². The molecular weight excluding hydrogens is 416 g/mol. The minimum Gasteiger partial charge on any atom is -0.345 e. The average Bonchev–Trinajstić information content (AvgIpc) is 2.93. The molecule has 0 fully saturated rings. The van der Waals surface area contributed by atoms with Crippen LogP contribution in [0.2, 0.25) is 0 Å². The van der Waals surface area contributed by atoms with E-state index in [4.69, 9.17) is 6.42 Å². The zero-order valence-electron chi connectivity index (χ0n) is 16.1. The topological polar surface area (TPSA) is 49.7 Å². The van der Waals surface area contributed by atoms with Crippen molar-refractivity contribution in [2.75, 3.05) is 11.4 Å². The molecule has 0 radical (unpaired) electrons. The molecule has 0 saturated carbocycles. The smallest absolute Gasteiger partial charge is 0.150 e. The molecule has 1 aliphatic rings. The number of benzene rings is 1. The van der Waals surface area contributed by atoms with Gasteiger partial charge in [-0.2, -0.15) is 0 Å². The largest absolute Gasteiger partial charge is 0.345 e. The van der Waals surface area contributed by atoms with Gasteiger partial charge >= 0.3 is 0 Å². The zero-order valence-corrected chi connectivity index (χ0v) is 17.7. The van der Waals surface area contributed by atoms with Crippen LogP contribution in [0.3, 0.4) is 0 Å². The Labute approximate surface area is 175 Å². The van der Waals surface area contributed by atoms with Crippen molar-refractivity contribution in [2.45, 2.75) is 45.1 Å². The van der Waals surface area contributed by atoms with Gasteiger partial charge in [0.1, 0.15) is 18.6 Å². The first-order valence-electron chi connectivity index (χ1n) is 9.47. The Morgan fingerprint density at radius 3 is 2.86 bits per heavy atom. The van der Waals surface area contributed by atoms with E-state index in [1.807, 2.05) is 35.3 Å². The van der Waals surface area contributed by atoms with Crippen LogP contribution in [-0.2, 0) is 11.2 Å². The van der Waals surface area contributed by atoms with Crippen LogP contribution in [-0.4, -0.2) is 30.9 Å². The first-order valence-corrected chi connectivity index (χ1v) is 10.3. The lowest BCUT2D eigenvalue weighted by Crippen LogP contribution is -2.42. The van der Waals surface area contributed by atoms with Crippen molar-refractivity contribution in [1.82, 2.24) is 0 Å². The summed E-state index contributed by atoms with van der Waals surface area (Å²) in [5, 5.41) is 0. The van der Waals surface area contributed by atoms with Crippen LogP contribution in [0.25, 0.3) is 0 Å². The number of hydrogen-bond acceptors (Lipinski definition) is 4. The van der Waals surface area contributed by atoms with Gasteiger partial charge in [0.05, 0.1) is 12.3 Å². The van der Waals surface area contributed by atoms with Crippen LogP contribution < -0.4 is 4.90 Å². The fraction of sp³-hybridized carbons (Fsp3) is 0.348. The first-order chi connectivity index (χ1) is 13.6. The summed E-state index contributed by atoms with van der Waals surface area (Å²) in [6, 6.07) is 5.12. The SMILES string of the molecule is C#CC(C1=NC=C(Br)C=CC1)N(CC=O)c1cc(C=O)ccc1CCCCC. The Morgan fingerprint density at radius 1 is 1.36 bits per heavy atom.